The van der Waals surface area contributed by atoms with Crippen LogP contribution < -0.4 is 0 Å². The molecular weight excluding hydrogens is 284 g/mol. The van der Waals surface area contributed by atoms with E-state index < -0.39 is 0 Å². The first-order valence-corrected chi connectivity index (χ1v) is 9.52. The van der Waals surface area contributed by atoms with Crippen LogP contribution in [0.15, 0.2) is 23.8 Å². The van der Waals surface area contributed by atoms with Crippen molar-refractivity contribution in [1.29, 1.82) is 0 Å². The van der Waals surface area contributed by atoms with E-state index in [-0.39, 0.29) is 12.1 Å². The lowest BCUT2D eigenvalue weighted by atomic mass is 9.97. The molecule has 0 spiro atoms. The van der Waals surface area contributed by atoms with E-state index in [0.29, 0.717) is 5.92 Å². The van der Waals surface area contributed by atoms with E-state index in [1.165, 1.54) is 38.5 Å². The third kappa shape index (κ3) is 10.4. The Balaban J connectivity index is 2.24. The summed E-state index contributed by atoms with van der Waals surface area (Å²) in [6, 6.07) is 0. The van der Waals surface area contributed by atoms with Gasteiger partial charge in [0.2, 0.25) is 0 Å². The van der Waals surface area contributed by atoms with Crippen LogP contribution in [0.2, 0.25) is 0 Å². The van der Waals surface area contributed by atoms with Crippen LogP contribution >= 0.6 is 0 Å². The monoisotopic (exact) mass is 320 g/mol. The summed E-state index contributed by atoms with van der Waals surface area (Å²) in [5.41, 5.74) is 0.986. The zero-order valence-electron chi connectivity index (χ0n) is 15.6. The van der Waals surface area contributed by atoms with Crippen LogP contribution in [0.1, 0.15) is 85.5 Å². The van der Waals surface area contributed by atoms with Gasteiger partial charge in [-0.15, -0.1) is 0 Å². The second-order valence-corrected chi connectivity index (χ2v) is 7.65. The van der Waals surface area contributed by atoms with E-state index in [0.717, 1.165) is 30.8 Å². The van der Waals surface area contributed by atoms with Gasteiger partial charge in [0, 0.05) is 6.08 Å². The maximum atomic E-state index is 11.9. The lowest BCUT2D eigenvalue weighted by molar-refractivity contribution is -0.144. The Morgan fingerprint density at radius 3 is 2.48 bits per heavy atom. The Hall–Kier alpha value is -1.05. The van der Waals surface area contributed by atoms with Gasteiger partial charge in [-0.2, -0.15) is 0 Å². The molecule has 1 unspecified atom stereocenters. The average Bonchev–Trinajstić information content (AvgIpc) is 2.47. The molecule has 1 aliphatic rings. The van der Waals surface area contributed by atoms with Gasteiger partial charge in [-0.25, -0.2) is 4.79 Å². The fraction of sp³-hybridized carbons (Fsp3) is 0.762. The summed E-state index contributed by atoms with van der Waals surface area (Å²) in [6.45, 7) is 8.85. The largest absolute Gasteiger partial charge is 0.459 e. The van der Waals surface area contributed by atoms with Crippen molar-refractivity contribution >= 4 is 5.97 Å². The highest BCUT2D eigenvalue weighted by molar-refractivity contribution is 5.83. The number of rotatable bonds is 9. The topological polar surface area (TPSA) is 26.3 Å². The van der Waals surface area contributed by atoms with Crippen molar-refractivity contribution in [1.82, 2.24) is 0 Å². The summed E-state index contributed by atoms with van der Waals surface area (Å²) in [5, 5.41) is 0. The van der Waals surface area contributed by atoms with E-state index in [1.54, 1.807) is 6.08 Å². The van der Waals surface area contributed by atoms with E-state index in [4.69, 9.17) is 4.74 Å². The number of hydrogen-bond donors (Lipinski definition) is 0. The van der Waals surface area contributed by atoms with E-state index >= 15 is 0 Å². The molecule has 0 aromatic rings. The fourth-order valence-corrected chi connectivity index (χ4v) is 3.09. The van der Waals surface area contributed by atoms with Gasteiger partial charge in [0.15, 0.2) is 0 Å². The van der Waals surface area contributed by atoms with Crippen molar-refractivity contribution in [3.05, 3.63) is 23.8 Å². The molecule has 0 aromatic heterocycles. The Labute approximate surface area is 143 Å². The van der Waals surface area contributed by atoms with Gasteiger partial charge in [0.05, 0.1) is 0 Å². The SMILES string of the molecule is CC(C=CCC(C)CCCC(C)C)=CC(=O)OC1CCCCC1. The summed E-state index contributed by atoms with van der Waals surface area (Å²) in [7, 11) is 0. The van der Waals surface area contributed by atoms with Crippen LogP contribution in [0, 0.1) is 11.8 Å². The minimum absolute atomic E-state index is 0.144. The molecule has 23 heavy (non-hydrogen) atoms. The van der Waals surface area contributed by atoms with Crippen molar-refractivity contribution in [3.8, 4) is 0 Å². The Kier molecular flexibility index (Phi) is 9.98. The smallest absolute Gasteiger partial charge is 0.331 e. The summed E-state index contributed by atoms with van der Waals surface area (Å²) >= 11 is 0. The lowest BCUT2D eigenvalue weighted by Gasteiger charge is -2.21. The van der Waals surface area contributed by atoms with Gasteiger partial charge >= 0.3 is 5.97 Å². The minimum atomic E-state index is -0.177. The molecule has 1 saturated carbocycles. The molecule has 2 heteroatoms. The summed E-state index contributed by atoms with van der Waals surface area (Å²) < 4.78 is 5.52. The molecule has 2 nitrogen and oxygen atoms in total. The van der Waals surface area contributed by atoms with Crippen LogP contribution in [0.25, 0.3) is 0 Å². The first kappa shape index (κ1) is 20.0. The summed E-state index contributed by atoms with van der Waals surface area (Å²) in [6.07, 6.45) is 16.8. The molecule has 1 aliphatic carbocycles. The van der Waals surface area contributed by atoms with E-state index in [9.17, 15) is 4.79 Å². The van der Waals surface area contributed by atoms with Crippen molar-refractivity contribution in [2.45, 2.75) is 91.6 Å². The minimum Gasteiger partial charge on any atom is -0.459 e. The first-order chi connectivity index (χ1) is 11.0. The molecular formula is C21H36O2. The van der Waals surface area contributed by atoms with Gasteiger partial charge in [0.25, 0.3) is 0 Å². The maximum absolute atomic E-state index is 11.9. The van der Waals surface area contributed by atoms with Gasteiger partial charge in [-0.3, -0.25) is 0 Å². The highest BCUT2D eigenvalue weighted by Gasteiger charge is 2.16. The third-order valence-electron chi connectivity index (χ3n) is 4.58. The number of ether oxygens (including phenoxy) is 1. The fourth-order valence-electron chi connectivity index (χ4n) is 3.09. The predicted molar refractivity (Wildman–Crippen MR) is 98.3 cm³/mol. The number of hydrogen-bond acceptors (Lipinski definition) is 2. The Morgan fingerprint density at radius 2 is 1.83 bits per heavy atom. The summed E-state index contributed by atoms with van der Waals surface area (Å²) in [4.78, 5) is 11.9. The normalized spacial score (nSPS) is 18.6. The van der Waals surface area contributed by atoms with Crippen LogP contribution in [0.3, 0.4) is 0 Å². The van der Waals surface area contributed by atoms with Crippen molar-refractivity contribution in [2.75, 3.05) is 0 Å². The standard InChI is InChI=1S/C21H36O2/c1-17(2)10-8-11-18(3)12-9-13-19(4)16-21(22)23-20-14-6-5-7-15-20/h9,13,16-18,20H,5-8,10-12,14-15H2,1-4H3. The molecule has 0 heterocycles. The molecule has 1 rings (SSSR count). The van der Waals surface area contributed by atoms with Crippen LogP contribution in [-0.2, 0) is 9.53 Å². The predicted octanol–water partition coefficient (Wildman–Crippen LogP) is 6.22. The molecule has 0 aliphatic heterocycles. The van der Waals surface area contributed by atoms with Gasteiger partial charge in [-0.05, 0) is 56.4 Å². The second-order valence-electron chi connectivity index (χ2n) is 7.65. The molecule has 1 atom stereocenters. The molecule has 0 bridgehead atoms. The number of carbonyl (C=O) groups excluding carboxylic acids is 1. The third-order valence-corrected chi connectivity index (χ3v) is 4.58. The van der Waals surface area contributed by atoms with E-state index in [1.807, 2.05) is 6.92 Å². The molecule has 0 amide bonds. The van der Waals surface area contributed by atoms with Gasteiger partial charge in [-0.1, -0.05) is 58.6 Å². The number of allylic oxidation sites excluding steroid dienone is 3. The Morgan fingerprint density at radius 1 is 1.13 bits per heavy atom. The highest BCUT2D eigenvalue weighted by atomic mass is 16.5. The first-order valence-electron chi connectivity index (χ1n) is 9.52. The van der Waals surface area contributed by atoms with Gasteiger partial charge in [0.1, 0.15) is 6.10 Å². The quantitative estimate of drug-likeness (QED) is 0.286. The number of esters is 1. The zero-order valence-corrected chi connectivity index (χ0v) is 15.6. The number of carbonyl (C=O) groups is 1. The van der Waals surface area contributed by atoms with Crippen molar-refractivity contribution in [2.24, 2.45) is 11.8 Å². The Bertz CT molecular complexity index is 387. The lowest BCUT2D eigenvalue weighted by Crippen LogP contribution is -2.19. The van der Waals surface area contributed by atoms with Crippen LogP contribution in [-0.4, -0.2) is 12.1 Å². The molecule has 0 radical (unpaired) electrons. The maximum Gasteiger partial charge on any atom is 0.331 e. The van der Waals surface area contributed by atoms with Crippen molar-refractivity contribution < 1.29 is 9.53 Å². The molecule has 0 N–H and O–H groups in total. The van der Waals surface area contributed by atoms with Crippen LogP contribution in [0.4, 0.5) is 0 Å². The summed E-state index contributed by atoms with van der Waals surface area (Å²) in [5.74, 6) is 1.34. The highest BCUT2D eigenvalue weighted by Crippen LogP contribution is 2.20. The molecule has 0 saturated heterocycles. The van der Waals surface area contributed by atoms with Gasteiger partial charge < -0.3 is 4.74 Å². The molecule has 132 valence electrons. The van der Waals surface area contributed by atoms with Crippen LogP contribution in [0.5, 0.6) is 0 Å². The zero-order chi connectivity index (χ0) is 17.1. The second kappa shape index (κ2) is 11.5. The average molecular weight is 321 g/mol. The molecule has 0 aromatic carbocycles. The van der Waals surface area contributed by atoms with Crippen molar-refractivity contribution in [3.63, 3.8) is 0 Å². The molecule has 1 fully saturated rings. The van der Waals surface area contributed by atoms with E-state index in [2.05, 4.69) is 32.9 Å².